The van der Waals surface area contributed by atoms with Crippen LogP contribution in [-0.2, 0) is 21.7 Å². The van der Waals surface area contributed by atoms with Gasteiger partial charge in [0.2, 0.25) is 0 Å². The van der Waals surface area contributed by atoms with E-state index in [1.165, 1.54) is 12.7 Å². The molecule has 5 nitrogen and oxygen atoms in total. The highest BCUT2D eigenvalue weighted by Gasteiger charge is 2.17. The van der Waals surface area contributed by atoms with Gasteiger partial charge in [-0.15, -0.1) is 0 Å². The summed E-state index contributed by atoms with van der Waals surface area (Å²) in [5.74, 6) is 0.568. The number of hydrogen-bond donors (Lipinski definition) is 1. The van der Waals surface area contributed by atoms with Crippen LogP contribution in [0, 0.1) is 0 Å². The molecule has 0 amide bonds. The molecule has 0 saturated carbocycles. The Morgan fingerprint density at radius 3 is 2.41 bits per heavy atom. The summed E-state index contributed by atoms with van der Waals surface area (Å²) in [5.41, 5.74) is 4.55. The summed E-state index contributed by atoms with van der Waals surface area (Å²) in [6.07, 6.45) is 1.06. The molecule has 0 saturated heterocycles. The normalized spacial score (nSPS) is 11.0. The maximum atomic E-state index is 12.0. The highest BCUT2D eigenvalue weighted by molar-refractivity contribution is 5.88. The molecule has 0 radical (unpaired) electrons. The van der Waals surface area contributed by atoms with Gasteiger partial charge in [-0.2, -0.15) is 0 Å². The van der Waals surface area contributed by atoms with E-state index >= 15 is 0 Å². The Labute approximate surface area is 160 Å². The monoisotopic (exact) mass is 369 g/mol. The molecular weight excluding hydrogens is 342 g/mol. The summed E-state index contributed by atoms with van der Waals surface area (Å²) >= 11 is 0. The van der Waals surface area contributed by atoms with E-state index in [1.807, 2.05) is 24.3 Å². The molecule has 5 heteroatoms. The Bertz CT molecular complexity index is 781. The van der Waals surface area contributed by atoms with E-state index in [2.05, 4.69) is 49.8 Å². The lowest BCUT2D eigenvalue weighted by molar-refractivity contribution is -0.131. The van der Waals surface area contributed by atoms with Gasteiger partial charge >= 0.3 is 5.97 Å². The first-order valence-corrected chi connectivity index (χ1v) is 8.88. The minimum absolute atomic E-state index is 0.0161. The van der Waals surface area contributed by atoms with Crippen molar-refractivity contribution in [3.63, 3.8) is 0 Å². The summed E-state index contributed by atoms with van der Waals surface area (Å²) in [6.45, 7) is 10.5. The highest BCUT2D eigenvalue weighted by Crippen LogP contribution is 2.28. The first-order chi connectivity index (χ1) is 12.9. The maximum Gasteiger partial charge on any atom is 0.361 e. The molecule has 0 aliphatic carbocycles. The lowest BCUT2D eigenvalue weighted by Crippen LogP contribution is -2.22. The van der Waals surface area contributed by atoms with Crippen molar-refractivity contribution in [3.8, 4) is 11.5 Å². The number of hydrogen-bond acceptors (Lipinski definition) is 5. The lowest BCUT2D eigenvalue weighted by Gasteiger charge is -2.23. The third-order valence-corrected chi connectivity index (χ3v) is 4.56. The van der Waals surface area contributed by atoms with Crippen molar-refractivity contribution in [2.45, 2.75) is 39.2 Å². The average Bonchev–Trinajstić information content (AvgIpc) is 2.67. The maximum absolute atomic E-state index is 12.0. The van der Waals surface area contributed by atoms with Crippen molar-refractivity contribution in [3.05, 3.63) is 71.9 Å². The molecule has 0 fully saturated rings. The van der Waals surface area contributed by atoms with E-state index in [0.29, 0.717) is 5.75 Å². The van der Waals surface area contributed by atoms with Crippen molar-refractivity contribution in [1.82, 2.24) is 5.48 Å². The number of ether oxygens (including phenoxy) is 2. The summed E-state index contributed by atoms with van der Waals surface area (Å²) in [4.78, 5) is 16.6. The van der Waals surface area contributed by atoms with Gasteiger partial charge in [0.1, 0.15) is 23.8 Å². The fourth-order valence-corrected chi connectivity index (χ4v) is 2.42. The van der Waals surface area contributed by atoms with Crippen LogP contribution >= 0.6 is 0 Å². The Morgan fingerprint density at radius 2 is 1.78 bits per heavy atom. The molecule has 0 aliphatic heterocycles. The zero-order valence-corrected chi connectivity index (χ0v) is 16.4. The smallest absolute Gasteiger partial charge is 0.361 e. The zero-order valence-electron chi connectivity index (χ0n) is 16.4. The van der Waals surface area contributed by atoms with Crippen LogP contribution in [0.1, 0.15) is 38.3 Å². The molecule has 0 aromatic heterocycles. The van der Waals surface area contributed by atoms with Crippen molar-refractivity contribution < 1.29 is 19.1 Å². The molecule has 27 heavy (non-hydrogen) atoms. The van der Waals surface area contributed by atoms with Crippen LogP contribution in [0.5, 0.6) is 11.5 Å². The van der Waals surface area contributed by atoms with Crippen LogP contribution in [0.25, 0.3) is 0 Å². The number of carbonyl (C=O) groups is 1. The van der Waals surface area contributed by atoms with Gasteiger partial charge in [0, 0.05) is 5.56 Å². The van der Waals surface area contributed by atoms with Gasteiger partial charge in [0.15, 0.2) is 0 Å². The molecule has 0 heterocycles. The summed E-state index contributed by atoms with van der Waals surface area (Å²) < 4.78 is 11.2. The van der Waals surface area contributed by atoms with Crippen LogP contribution in [0.3, 0.4) is 0 Å². The number of hydroxylamine groups is 1. The average molecular weight is 369 g/mol. The predicted octanol–water partition coefficient (Wildman–Crippen LogP) is 4.52. The van der Waals surface area contributed by atoms with E-state index in [0.717, 1.165) is 17.7 Å². The van der Waals surface area contributed by atoms with Gasteiger partial charge in [-0.05, 0) is 35.6 Å². The van der Waals surface area contributed by atoms with Crippen LogP contribution in [0.15, 0.2) is 60.8 Å². The Kier molecular flexibility index (Phi) is 7.02. The van der Waals surface area contributed by atoms with Crippen molar-refractivity contribution in [2.75, 3.05) is 7.11 Å². The molecule has 2 aromatic carbocycles. The number of benzene rings is 2. The highest BCUT2D eigenvalue weighted by atomic mass is 16.6. The Hall–Kier alpha value is -2.79. The van der Waals surface area contributed by atoms with Crippen LogP contribution < -0.4 is 15.0 Å². The number of esters is 1. The minimum Gasteiger partial charge on any atom is -0.489 e. The molecule has 2 aromatic rings. The lowest BCUT2D eigenvalue weighted by atomic mass is 9.82. The molecule has 0 bridgehead atoms. The third-order valence-electron chi connectivity index (χ3n) is 4.56. The quantitative estimate of drug-likeness (QED) is 0.305. The number of rotatable bonds is 9. The molecule has 1 N–H and O–H groups in total. The molecule has 0 spiro atoms. The zero-order chi connectivity index (χ0) is 19.9. The summed E-state index contributed by atoms with van der Waals surface area (Å²) in [5, 5.41) is 0. The van der Waals surface area contributed by atoms with Crippen molar-refractivity contribution in [2.24, 2.45) is 0 Å². The van der Waals surface area contributed by atoms with Gasteiger partial charge in [-0.25, -0.2) is 4.79 Å². The van der Waals surface area contributed by atoms with Gasteiger partial charge in [-0.3, -0.25) is 10.3 Å². The van der Waals surface area contributed by atoms with Crippen LogP contribution in [-0.4, -0.2) is 13.1 Å². The summed E-state index contributed by atoms with van der Waals surface area (Å²) in [7, 11) is 1.40. The van der Waals surface area contributed by atoms with Crippen LogP contribution in [0.4, 0.5) is 0 Å². The van der Waals surface area contributed by atoms with Crippen molar-refractivity contribution >= 4 is 5.97 Å². The number of para-hydroxylation sites is 1. The SMILES string of the molecule is C=C(NOC)C(=O)Oc1ccccc1COc1ccc(C(C)(C)CC)cc1. The van der Waals surface area contributed by atoms with Gasteiger partial charge in [0.05, 0.1) is 7.11 Å². The third kappa shape index (κ3) is 5.59. The topological polar surface area (TPSA) is 56.8 Å². The van der Waals surface area contributed by atoms with E-state index in [1.54, 1.807) is 12.1 Å². The number of carbonyl (C=O) groups excluding carboxylic acids is 1. The molecule has 0 atom stereocenters. The van der Waals surface area contributed by atoms with Gasteiger partial charge < -0.3 is 9.47 Å². The fourth-order valence-electron chi connectivity index (χ4n) is 2.42. The fraction of sp³-hybridized carbons (Fsp3) is 0.318. The largest absolute Gasteiger partial charge is 0.489 e. The van der Waals surface area contributed by atoms with Gasteiger partial charge in [0.25, 0.3) is 0 Å². The summed E-state index contributed by atoms with van der Waals surface area (Å²) in [6, 6.07) is 15.3. The van der Waals surface area contributed by atoms with E-state index < -0.39 is 5.97 Å². The predicted molar refractivity (Wildman–Crippen MR) is 105 cm³/mol. The molecule has 144 valence electrons. The van der Waals surface area contributed by atoms with E-state index in [-0.39, 0.29) is 17.7 Å². The standard InChI is InChI=1S/C22H27NO4/c1-6-22(3,4)18-11-13-19(14-12-18)26-15-17-9-7-8-10-20(17)27-21(24)16(2)23-25-5/h7-14,23H,2,6,15H2,1,3-5H3. The molecule has 0 unspecified atom stereocenters. The Morgan fingerprint density at radius 1 is 1.11 bits per heavy atom. The first-order valence-electron chi connectivity index (χ1n) is 8.88. The molecule has 0 aliphatic rings. The molecule has 2 rings (SSSR count). The van der Waals surface area contributed by atoms with E-state index in [4.69, 9.17) is 9.47 Å². The van der Waals surface area contributed by atoms with Crippen LogP contribution in [0.2, 0.25) is 0 Å². The minimum atomic E-state index is -0.615. The second-order valence-electron chi connectivity index (χ2n) is 6.83. The second kappa shape index (κ2) is 9.24. The number of nitrogens with one attached hydrogen (secondary N) is 1. The Balaban J connectivity index is 2.04. The first kappa shape index (κ1) is 20.5. The molecular formula is C22H27NO4. The van der Waals surface area contributed by atoms with E-state index in [9.17, 15) is 4.79 Å². The van der Waals surface area contributed by atoms with Crippen molar-refractivity contribution in [1.29, 1.82) is 0 Å². The second-order valence-corrected chi connectivity index (χ2v) is 6.83. The van der Waals surface area contributed by atoms with Gasteiger partial charge in [-0.1, -0.05) is 57.7 Å².